The van der Waals surface area contributed by atoms with Gasteiger partial charge in [-0.15, -0.1) is 24.0 Å². The second kappa shape index (κ2) is 11.2. The molecule has 1 aliphatic heterocycles. The summed E-state index contributed by atoms with van der Waals surface area (Å²) in [7, 11) is -1.33. The molecule has 0 radical (unpaired) electrons. The summed E-state index contributed by atoms with van der Waals surface area (Å²) in [4.78, 5) is 9.56. The van der Waals surface area contributed by atoms with Crippen molar-refractivity contribution < 1.29 is 8.42 Å². The van der Waals surface area contributed by atoms with E-state index in [1.165, 1.54) is 23.1 Å². The normalized spacial score (nSPS) is 14.9. The number of nitrogens with one attached hydrogen (secondary N) is 1. The maximum atomic E-state index is 11.6. The van der Waals surface area contributed by atoms with Gasteiger partial charge < -0.3 is 15.1 Å². The first-order valence-corrected chi connectivity index (χ1v) is 12.2. The summed E-state index contributed by atoms with van der Waals surface area (Å²) in [6.45, 7) is 8.90. The van der Waals surface area contributed by atoms with Gasteiger partial charge in [-0.25, -0.2) is 8.42 Å². The molecular formula is C23H33IN4O2S. The summed E-state index contributed by atoms with van der Waals surface area (Å²) < 4.78 is 23.1. The second-order valence-electron chi connectivity index (χ2n) is 7.83. The third-order valence-corrected chi connectivity index (χ3v) is 6.88. The van der Waals surface area contributed by atoms with Crippen LogP contribution in [0.1, 0.15) is 16.7 Å². The molecule has 0 unspecified atom stereocenters. The van der Waals surface area contributed by atoms with E-state index in [9.17, 15) is 8.42 Å². The molecule has 0 spiro atoms. The number of piperazine rings is 1. The summed E-state index contributed by atoms with van der Waals surface area (Å²) in [5.41, 5.74) is 5.12. The van der Waals surface area contributed by atoms with E-state index in [4.69, 9.17) is 0 Å². The average molecular weight is 557 g/mol. The fraction of sp³-hybridized carbons (Fsp3) is 0.435. The Balaban J connectivity index is 0.00000341. The zero-order valence-electron chi connectivity index (χ0n) is 18.8. The zero-order chi connectivity index (χ0) is 21.7. The molecule has 0 saturated carbocycles. The van der Waals surface area contributed by atoms with Gasteiger partial charge in [0.1, 0.15) is 0 Å². The molecule has 170 valence electrons. The zero-order valence-corrected chi connectivity index (χ0v) is 21.9. The van der Waals surface area contributed by atoms with E-state index in [-0.39, 0.29) is 24.0 Å². The van der Waals surface area contributed by atoms with Gasteiger partial charge in [0.15, 0.2) is 15.8 Å². The van der Waals surface area contributed by atoms with Gasteiger partial charge in [-0.05, 0) is 55.2 Å². The first-order valence-electron chi connectivity index (χ1n) is 10.4. The van der Waals surface area contributed by atoms with Crippen molar-refractivity contribution in [2.24, 2.45) is 4.99 Å². The van der Waals surface area contributed by atoms with Crippen molar-refractivity contribution in [3.63, 3.8) is 0 Å². The SMILES string of the molecule is CN=C(NCCc1ccc(S(C)(=O)=O)cc1)N1CCN(c2cccc(C)c2C)CC1.I. The molecule has 1 N–H and O–H groups in total. The monoisotopic (exact) mass is 556 g/mol. The predicted molar refractivity (Wildman–Crippen MR) is 140 cm³/mol. The molecule has 0 atom stereocenters. The Kier molecular flexibility index (Phi) is 9.17. The molecule has 6 nitrogen and oxygen atoms in total. The summed E-state index contributed by atoms with van der Waals surface area (Å²) >= 11 is 0. The molecule has 1 aliphatic rings. The molecule has 2 aromatic rings. The van der Waals surface area contributed by atoms with Gasteiger partial charge in [0.2, 0.25) is 0 Å². The topological polar surface area (TPSA) is 65.0 Å². The molecule has 1 saturated heterocycles. The Morgan fingerprint density at radius 3 is 2.26 bits per heavy atom. The standard InChI is InChI=1S/C23H32N4O2S.HI/c1-18-6-5-7-22(19(18)2)26-14-16-27(17-15-26)23(24-3)25-13-12-20-8-10-21(11-9-20)30(4,28)29;/h5-11H,12-17H2,1-4H3,(H,24,25);1H. The average Bonchev–Trinajstić information content (AvgIpc) is 2.73. The van der Waals surface area contributed by atoms with Gasteiger partial charge in [-0.1, -0.05) is 24.3 Å². The van der Waals surface area contributed by atoms with Crippen molar-refractivity contribution in [2.45, 2.75) is 25.2 Å². The smallest absolute Gasteiger partial charge is 0.193 e. The van der Waals surface area contributed by atoms with Crippen LogP contribution in [-0.4, -0.2) is 65.3 Å². The molecule has 0 aromatic heterocycles. The number of aliphatic imine (C=N–C) groups is 1. The minimum absolute atomic E-state index is 0. The molecule has 0 aliphatic carbocycles. The van der Waals surface area contributed by atoms with Crippen LogP contribution in [0.4, 0.5) is 5.69 Å². The van der Waals surface area contributed by atoms with Crippen LogP contribution in [0.15, 0.2) is 52.4 Å². The van der Waals surface area contributed by atoms with Gasteiger partial charge in [-0.2, -0.15) is 0 Å². The predicted octanol–water partition coefficient (Wildman–Crippen LogP) is 3.27. The van der Waals surface area contributed by atoms with Crippen molar-refractivity contribution in [1.82, 2.24) is 10.2 Å². The fourth-order valence-electron chi connectivity index (χ4n) is 3.79. The summed E-state index contributed by atoms with van der Waals surface area (Å²) in [6, 6.07) is 13.6. The van der Waals surface area contributed by atoms with Crippen LogP contribution in [0.25, 0.3) is 0 Å². The van der Waals surface area contributed by atoms with E-state index in [0.717, 1.165) is 50.7 Å². The van der Waals surface area contributed by atoms with Crippen molar-refractivity contribution in [1.29, 1.82) is 0 Å². The van der Waals surface area contributed by atoms with E-state index in [0.29, 0.717) is 4.90 Å². The molecular weight excluding hydrogens is 523 g/mol. The first kappa shape index (κ1) is 25.5. The minimum atomic E-state index is -3.15. The summed E-state index contributed by atoms with van der Waals surface area (Å²) in [5, 5.41) is 3.45. The number of anilines is 1. The molecule has 1 heterocycles. The summed E-state index contributed by atoms with van der Waals surface area (Å²) in [5.74, 6) is 0.920. The minimum Gasteiger partial charge on any atom is -0.368 e. The Labute approximate surface area is 203 Å². The van der Waals surface area contributed by atoms with Gasteiger partial charge >= 0.3 is 0 Å². The van der Waals surface area contributed by atoms with Crippen molar-refractivity contribution in [2.75, 3.05) is 50.9 Å². The Bertz CT molecular complexity index is 999. The number of aryl methyl sites for hydroxylation is 1. The number of hydrogen-bond donors (Lipinski definition) is 1. The molecule has 0 amide bonds. The molecule has 3 rings (SSSR count). The van der Waals surface area contributed by atoms with E-state index in [2.05, 4.69) is 52.2 Å². The molecule has 8 heteroatoms. The van der Waals surface area contributed by atoms with Crippen LogP contribution in [0, 0.1) is 13.8 Å². The van der Waals surface area contributed by atoms with Crippen LogP contribution in [-0.2, 0) is 16.3 Å². The lowest BCUT2D eigenvalue weighted by molar-refractivity contribution is 0.372. The van der Waals surface area contributed by atoms with Crippen LogP contribution < -0.4 is 10.2 Å². The highest BCUT2D eigenvalue weighted by atomic mass is 127. The van der Waals surface area contributed by atoms with Gasteiger partial charge in [0.25, 0.3) is 0 Å². The van der Waals surface area contributed by atoms with Crippen molar-refractivity contribution >= 4 is 45.5 Å². The van der Waals surface area contributed by atoms with Crippen LogP contribution in [0.2, 0.25) is 0 Å². The lowest BCUT2D eigenvalue weighted by Crippen LogP contribution is -2.53. The van der Waals surface area contributed by atoms with Crippen LogP contribution in [0.5, 0.6) is 0 Å². The summed E-state index contributed by atoms with van der Waals surface area (Å²) in [6.07, 6.45) is 2.04. The lowest BCUT2D eigenvalue weighted by atomic mass is 10.1. The van der Waals surface area contributed by atoms with Crippen LogP contribution >= 0.6 is 24.0 Å². The highest BCUT2D eigenvalue weighted by molar-refractivity contribution is 14.0. The Hall–Kier alpha value is -1.81. The van der Waals surface area contributed by atoms with Crippen molar-refractivity contribution in [3.05, 3.63) is 59.2 Å². The van der Waals surface area contributed by atoms with Gasteiger partial charge in [-0.3, -0.25) is 4.99 Å². The third-order valence-electron chi connectivity index (χ3n) is 5.76. The molecule has 2 aromatic carbocycles. The number of hydrogen-bond acceptors (Lipinski definition) is 4. The molecule has 0 bridgehead atoms. The number of halogens is 1. The van der Waals surface area contributed by atoms with E-state index < -0.39 is 9.84 Å². The van der Waals surface area contributed by atoms with Gasteiger partial charge in [0.05, 0.1) is 4.90 Å². The van der Waals surface area contributed by atoms with Gasteiger partial charge in [0, 0.05) is 51.7 Å². The molecule has 31 heavy (non-hydrogen) atoms. The molecule has 1 fully saturated rings. The highest BCUT2D eigenvalue weighted by Crippen LogP contribution is 2.23. The fourth-order valence-corrected chi connectivity index (χ4v) is 4.42. The van der Waals surface area contributed by atoms with E-state index in [1.54, 1.807) is 12.1 Å². The van der Waals surface area contributed by atoms with Crippen LogP contribution in [0.3, 0.4) is 0 Å². The second-order valence-corrected chi connectivity index (χ2v) is 9.85. The number of guanidine groups is 1. The Morgan fingerprint density at radius 1 is 1.03 bits per heavy atom. The van der Waals surface area contributed by atoms with Crippen molar-refractivity contribution in [3.8, 4) is 0 Å². The first-order chi connectivity index (χ1) is 14.3. The number of nitrogens with zero attached hydrogens (tertiary/aromatic N) is 3. The van der Waals surface area contributed by atoms with E-state index >= 15 is 0 Å². The largest absolute Gasteiger partial charge is 0.368 e. The van der Waals surface area contributed by atoms with E-state index in [1.807, 2.05) is 19.2 Å². The lowest BCUT2D eigenvalue weighted by Gasteiger charge is -2.38. The maximum absolute atomic E-state index is 11.6. The quantitative estimate of drug-likeness (QED) is 0.348. The highest BCUT2D eigenvalue weighted by Gasteiger charge is 2.21. The number of sulfone groups is 1. The number of rotatable bonds is 5. The Morgan fingerprint density at radius 2 is 1.68 bits per heavy atom. The third kappa shape index (κ3) is 6.58. The number of benzene rings is 2. The maximum Gasteiger partial charge on any atom is 0.193 e.